The molecule has 1 heterocycles. The van der Waals surface area contributed by atoms with Crippen LogP contribution < -0.4 is 10.2 Å². The topological polar surface area (TPSA) is 49.4 Å². The molecule has 1 N–H and O–H groups in total. The lowest BCUT2D eigenvalue weighted by Gasteiger charge is -2.32. The van der Waals surface area contributed by atoms with Gasteiger partial charge in [-0.15, -0.1) is 0 Å². The number of hydrogen-bond acceptors (Lipinski definition) is 2. The fourth-order valence-electron chi connectivity index (χ4n) is 3.31. The second-order valence-electron chi connectivity index (χ2n) is 7.21. The standard InChI is InChI=1S/C19H26N2O2/c1-14(2)9-12-20-17(22)19(10-11-19)18(23)21-13-5-7-15-6-3-4-8-16(15)21/h3-4,6,8,14H,5,7,9-13H2,1-2H3,(H,20,22). The minimum atomic E-state index is -0.804. The largest absolute Gasteiger partial charge is 0.355 e. The summed E-state index contributed by atoms with van der Waals surface area (Å²) in [6.45, 7) is 5.64. The van der Waals surface area contributed by atoms with E-state index in [1.54, 1.807) is 0 Å². The Morgan fingerprint density at radius 3 is 2.70 bits per heavy atom. The molecule has 1 aliphatic carbocycles. The number of benzene rings is 1. The first-order valence-corrected chi connectivity index (χ1v) is 8.73. The quantitative estimate of drug-likeness (QED) is 0.850. The fourth-order valence-corrected chi connectivity index (χ4v) is 3.31. The third-order valence-corrected chi connectivity index (χ3v) is 4.96. The van der Waals surface area contributed by atoms with E-state index in [4.69, 9.17) is 0 Å². The van der Waals surface area contributed by atoms with Gasteiger partial charge in [-0.05, 0) is 49.7 Å². The smallest absolute Gasteiger partial charge is 0.242 e. The van der Waals surface area contributed by atoms with Crippen molar-refractivity contribution in [1.29, 1.82) is 0 Å². The van der Waals surface area contributed by atoms with E-state index in [1.807, 2.05) is 23.1 Å². The lowest BCUT2D eigenvalue weighted by molar-refractivity contribution is -0.135. The molecular weight excluding hydrogens is 288 g/mol. The maximum absolute atomic E-state index is 13.0. The number of anilines is 1. The number of hydrogen-bond donors (Lipinski definition) is 1. The van der Waals surface area contributed by atoms with Crippen molar-refractivity contribution < 1.29 is 9.59 Å². The van der Waals surface area contributed by atoms with Gasteiger partial charge in [0.1, 0.15) is 5.41 Å². The van der Waals surface area contributed by atoms with Gasteiger partial charge in [-0.1, -0.05) is 32.0 Å². The highest BCUT2D eigenvalue weighted by molar-refractivity contribution is 6.14. The first-order chi connectivity index (χ1) is 11.0. The van der Waals surface area contributed by atoms with Gasteiger partial charge >= 0.3 is 0 Å². The maximum atomic E-state index is 13.0. The van der Waals surface area contributed by atoms with Crippen LogP contribution in [0.15, 0.2) is 24.3 Å². The van der Waals surface area contributed by atoms with Gasteiger partial charge in [0.15, 0.2) is 0 Å². The zero-order chi connectivity index (χ0) is 16.4. The summed E-state index contributed by atoms with van der Waals surface area (Å²) < 4.78 is 0. The highest BCUT2D eigenvalue weighted by Gasteiger charge is 2.58. The Labute approximate surface area is 138 Å². The van der Waals surface area contributed by atoms with E-state index < -0.39 is 5.41 Å². The molecule has 0 unspecified atom stereocenters. The van der Waals surface area contributed by atoms with E-state index in [0.29, 0.717) is 25.3 Å². The molecule has 3 rings (SSSR count). The lowest BCUT2D eigenvalue weighted by atomic mass is 9.97. The van der Waals surface area contributed by atoms with E-state index in [9.17, 15) is 9.59 Å². The van der Waals surface area contributed by atoms with E-state index in [2.05, 4.69) is 25.2 Å². The molecule has 23 heavy (non-hydrogen) atoms. The second kappa shape index (κ2) is 6.34. The van der Waals surface area contributed by atoms with Gasteiger partial charge in [0.05, 0.1) is 0 Å². The number of nitrogens with zero attached hydrogens (tertiary/aromatic N) is 1. The number of rotatable bonds is 5. The average molecular weight is 314 g/mol. The molecule has 0 spiro atoms. The van der Waals surface area contributed by atoms with Crippen LogP contribution in [0, 0.1) is 11.3 Å². The van der Waals surface area contributed by atoms with Crippen molar-refractivity contribution in [3.05, 3.63) is 29.8 Å². The summed E-state index contributed by atoms with van der Waals surface area (Å²) in [5, 5.41) is 2.97. The van der Waals surface area contributed by atoms with E-state index in [-0.39, 0.29) is 11.8 Å². The Morgan fingerprint density at radius 1 is 1.26 bits per heavy atom. The third kappa shape index (κ3) is 3.12. The number of nitrogens with one attached hydrogen (secondary N) is 1. The minimum absolute atomic E-state index is 0.00769. The molecule has 1 aromatic carbocycles. The van der Waals surface area contributed by atoms with E-state index in [0.717, 1.165) is 31.5 Å². The molecule has 1 saturated carbocycles. The van der Waals surface area contributed by atoms with Crippen molar-refractivity contribution in [2.45, 2.75) is 46.0 Å². The molecule has 2 amide bonds. The molecule has 0 aromatic heterocycles. The monoisotopic (exact) mass is 314 g/mol. The van der Waals surface area contributed by atoms with Crippen LogP contribution >= 0.6 is 0 Å². The number of para-hydroxylation sites is 1. The molecular formula is C19H26N2O2. The van der Waals surface area contributed by atoms with Crippen molar-refractivity contribution in [2.75, 3.05) is 18.0 Å². The van der Waals surface area contributed by atoms with E-state index >= 15 is 0 Å². The minimum Gasteiger partial charge on any atom is -0.355 e. The van der Waals surface area contributed by atoms with Crippen molar-refractivity contribution in [1.82, 2.24) is 5.32 Å². The van der Waals surface area contributed by atoms with Crippen molar-refractivity contribution in [3.63, 3.8) is 0 Å². The normalized spacial score (nSPS) is 18.5. The van der Waals surface area contributed by atoms with Crippen molar-refractivity contribution in [2.24, 2.45) is 11.3 Å². The van der Waals surface area contributed by atoms with Gasteiger partial charge in [-0.2, -0.15) is 0 Å². The van der Waals surface area contributed by atoms with Gasteiger partial charge in [-0.25, -0.2) is 0 Å². The SMILES string of the molecule is CC(C)CCNC(=O)C1(C(=O)N2CCCc3ccccc32)CC1. The molecule has 2 aliphatic rings. The average Bonchev–Trinajstić information content (AvgIpc) is 3.35. The van der Waals surface area contributed by atoms with Crippen LogP contribution in [0.1, 0.15) is 45.1 Å². The molecule has 0 atom stereocenters. The van der Waals surface area contributed by atoms with Gasteiger partial charge in [0.25, 0.3) is 0 Å². The summed E-state index contributed by atoms with van der Waals surface area (Å²) in [5.74, 6) is 0.466. The van der Waals surface area contributed by atoms with Gasteiger partial charge in [-0.3, -0.25) is 9.59 Å². The zero-order valence-electron chi connectivity index (χ0n) is 14.1. The Bertz CT molecular complexity index is 605. The number of carbonyl (C=O) groups excluding carboxylic acids is 2. The molecule has 1 fully saturated rings. The number of aryl methyl sites for hydroxylation is 1. The summed E-state index contributed by atoms with van der Waals surface area (Å²) in [5.41, 5.74) is 1.40. The Kier molecular flexibility index (Phi) is 4.42. The Hall–Kier alpha value is -1.84. The highest BCUT2D eigenvalue weighted by atomic mass is 16.2. The summed E-state index contributed by atoms with van der Waals surface area (Å²) in [4.78, 5) is 27.4. The maximum Gasteiger partial charge on any atom is 0.242 e. The van der Waals surface area contributed by atoms with Crippen molar-refractivity contribution in [3.8, 4) is 0 Å². The van der Waals surface area contributed by atoms with Crippen LogP contribution in [-0.4, -0.2) is 24.9 Å². The van der Waals surface area contributed by atoms with Gasteiger partial charge in [0, 0.05) is 18.8 Å². The molecule has 1 aliphatic heterocycles. The molecule has 0 bridgehead atoms. The number of amides is 2. The van der Waals surface area contributed by atoms with Crippen LogP contribution in [-0.2, 0) is 16.0 Å². The zero-order valence-corrected chi connectivity index (χ0v) is 14.1. The molecule has 0 saturated heterocycles. The summed E-state index contributed by atoms with van der Waals surface area (Å²) in [6, 6.07) is 8.06. The summed E-state index contributed by atoms with van der Waals surface area (Å²) in [7, 11) is 0. The van der Waals surface area contributed by atoms with Gasteiger partial charge in [0.2, 0.25) is 11.8 Å². The highest BCUT2D eigenvalue weighted by Crippen LogP contribution is 2.48. The van der Waals surface area contributed by atoms with Crippen LogP contribution in [0.2, 0.25) is 0 Å². The fraction of sp³-hybridized carbons (Fsp3) is 0.579. The first kappa shape index (κ1) is 16.0. The molecule has 1 aromatic rings. The summed E-state index contributed by atoms with van der Waals surface area (Å²) in [6.07, 6.45) is 4.28. The Morgan fingerprint density at radius 2 is 2.00 bits per heavy atom. The molecule has 0 radical (unpaired) electrons. The van der Waals surface area contributed by atoms with Crippen LogP contribution in [0.3, 0.4) is 0 Å². The van der Waals surface area contributed by atoms with Crippen LogP contribution in [0.25, 0.3) is 0 Å². The van der Waals surface area contributed by atoms with Crippen LogP contribution in [0.4, 0.5) is 5.69 Å². The molecule has 4 heteroatoms. The van der Waals surface area contributed by atoms with Gasteiger partial charge < -0.3 is 10.2 Å². The predicted octanol–water partition coefficient (Wildman–Crippen LogP) is 2.91. The third-order valence-electron chi connectivity index (χ3n) is 4.96. The first-order valence-electron chi connectivity index (χ1n) is 8.73. The van der Waals surface area contributed by atoms with Crippen molar-refractivity contribution >= 4 is 17.5 Å². The second-order valence-corrected chi connectivity index (χ2v) is 7.21. The summed E-state index contributed by atoms with van der Waals surface area (Å²) >= 11 is 0. The number of carbonyl (C=O) groups is 2. The van der Waals surface area contributed by atoms with Crippen LogP contribution in [0.5, 0.6) is 0 Å². The molecule has 4 nitrogen and oxygen atoms in total. The molecule has 124 valence electrons. The predicted molar refractivity (Wildman–Crippen MR) is 91.2 cm³/mol. The Balaban J connectivity index is 1.72. The number of fused-ring (bicyclic) bond motifs is 1. The lowest BCUT2D eigenvalue weighted by Crippen LogP contribution is -2.47. The van der Waals surface area contributed by atoms with E-state index in [1.165, 1.54) is 5.56 Å².